The fraction of sp³-hybridized carbons (Fsp3) is 0.533. The van der Waals surface area contributed by atoms with Crippen molar-refractivity contribution in [2.24, 2.45) is 0 Å². The van der Waals surface area contributed by atoms with Crippen molar-refractivity contribution in [3.8, 4) is 0 Å². The fourth-order valence-electron chi connectivity index (χ4n) is 1.73. The van der Waals surface area contributed by atoms with E-state index in [1.807, 2.05) is 30.3 Å². The second-order valence-corrected chi connectivity index (χ2v) is 4.92. The lowest BCUT2D eigenvalue weighted by Crippen LogP contribution is -2.28. The summed E-state index contributed by atoms with van der Waals surface area (Å²) in [5.74, 6) is 0.101. The van der Waals surface area contributed by atoms with Crippen LogP contribution >= 0.6 is 0 Å². The summed E-state index contributed by atoms with van der Waals surface area (Å²) in [7, 11) is 4.13. The molecule has 0 saturated heterocycles. The topological polar surface area (TPSA) is 44.4 Å². The van der Waals surface area contributed by atoms with Crippen molar-refractivity contribution in [1.82, 2.24) is 15.5 Å². The van der Waals surface area contributed by atoms with Crippen molar-refractivity contribution < 1.29 is 4.79 Å². The predicted molar refractivity (Wildman–Crippen MR) is 78.9 cm³/mol. The average molecular weight is 263 g/mol. The minimum absolute atomic E-state index is 0.101. The number of nitrogens with zero attached hydrogens (tertiary/aromatic N) is 1. The molecule has 1 amide bonds. The number of benzene rings is 1. The lowest BCUT2D eigenvalue weighted by atomic mass is 10.2. The first-order valence-electron chi connectivity index (χ1n) is 6.84. The number of carbonyl (C=O) groups excluding carboxylic acids is 1. The standard InChI is InChI=1S/C15H25N3O/c1-18(2)12-6-10-16-11-9-15(19)17-13-14-7-4-3-5-8-14/h3-5,7-8,16H,6,9-13H2,1-2H3,(H,17,19). The summed E-state index contributed by atoms with van der Waals surface area (Å²) in [6.45, 7) is 3.39. The molecule has 0 heterocycles. The lowest BCUT2D eigenvalue weighted by Gasteiger charge is -2.10. The van der Waals surface area contributed by atoms with E-state index < -0.39 is 0 Å². The molecule has 0 spiro atoms. The van der Waals surface area contributed by atoms with Crippen LogP contribution in [0, 0.1) is 0 Å². The van der Waals surface area contributed by atoms with E-state index in [4.69, 9.17) is 0 Å². The molecule has 0 fully saturated rings. The third-order valence-corrected chi connectivity index (χ3v) is 2.82. The quantitative estimate of drug-likeness (QED) is 0.659. The molecule has 0 unspecified atom stereocenters. The van der Waals surface area contributed by atoms with E-state index in [1.165, 1.54) is 0 Å². The van der Waals surface area contributed by atoms with Crippen molar-refractivity contribution in [2.45, 2.75) is 19.4 Å². The Balaban J connectivity index is 1.99. The second-order valence-electron chi connectivity index (χ2n) is 4.92. The number of hydrogen-bond donors (Lipinski definition) is 2. The van der Waals surface area contributed by atoms with Crippen LogP contribution in [0.1, 0.15) is 18.4 Å². The zero-order chi connectivity index (χ0) is 13.9. The van der Waals surface area contributed by atoms with Gasteiger partial charge in [0.05, 0.1) is 0 Å². The predicted octanol–water partition coefficient (Wildman–Crippen LogP) is 1.23. The van der Waals surface area contributed by atoms with Gasteiger partial charge in [-0.1, -0.05) is 30.3 Å². The first-order valence-corrected chi connectivity index (χ1v) is 6.84. The Morgan fingerprint density at radius 2 is 1.89 bits per heavy atom. The number of nitrogens with one attached hydrogen (secondary N) is 2. The van der Waals surface area contributed by atoms with Gasteiger partial charge in [-0.15, -0.1) is 0 Å². The van der Waals surface area contributed by atoms with Crippen LogP contribution in [0.25, 0.3) is 0 Å². The Bertz CT molecular complexity index is 352. The van der Waals surface area contributed by atoms with Crippen molar-refractivity contribution in [2.75, 3.05) is 33.7 Å². The first kappa shape index (κ1) is 15.7. The normalized spacial score (nSPS) is 10.7. The molecule has 0 aliphatic carbocycles. The van der Waals surface area contributed by atoms with Crippen LogP contribution in [-0.2, 0) is 11.3 Å². The average Bonchev–Trinajstić information content (AvgIpc) is 2.41. The summed E-state index contributed by atoms with van der Waals surface area (Å²) >= 11 is 0. The maximum atomic E-state index is 11.6. The van der Waals surface area contributed by atoms with Crippen LogP contribution in [-0.4, -0.2) is 44.5 Å². The van der Waals surface area contributed by atoms with Gasteiger partial charge in [0, 0.05) is 19.5 Å². The van der Waals surface area contributed by atoms with Gasteiger partial charge in [-0.3, -0.25) is 4.79 Å². The summed E-state index contributed by atoms with van der Waals surface area (Å²) in [4.78, 5) is 13.8. The van der Waals surface area contributed by atoms with Crippen molar-refractivity contribution >= 4 is 5.91 Å². The molecule has 0 radical (unpaired) electrons. The highest BCUT2D eigenvalue weighted by molar-refractivity contribution is 5.76. The zero-order valence-electron chi connectivity index (χ0n) is 12.0. The Morgan fingerprint density at radius 3 is 2.58 bits per heavy atom. The second kappa shape index (κ2) is 9.53. The van der Waals surface area contributed by atoms with Crippen molar-refractivity contribution in [3.63, 3.8) is 0 Å². The highest BCUT2D eigenvalue weighted by atomic mass is 16.1. The number of amides is 1. The molecule has 1 rings (SSSR count). The van der Waals surface area contributed by atoms with Crippen LogP contribution in [0.2, 0.25) is 0 Å². The summed E-state index contributed by atoms with van der Waals surface area (Å²) in [5.41, 5.74) is 1.13. The monoisotopic (exact) mass is 263 g/mol. The van der Waals surface area contributed by atoms with E-state index >= 15 is 0 Å². The lowest BCUT2D eigenvalue weighted by molar-refractivity contribution is -0.121. The molecule has 106 valence electrons. The van der Waals surface area contributed by atoms with E-state index in [0.29, 0.717) is 13.0 Å². The summed E-state index contributed by atoms with van der Waals surface area (Å²) in [6, 6.07) is 9.96. The van der Waals surface area contributed by atoms with Crippen LogP contribution in [0.5, 0.6) is 0 Å². The van der Waals surface area contributed by atoms with Gasteiger partial charge in [-0.05, 0) is 39.2 Å². The van der Waals surface area contributed by atoms with Gasteiger partial charge in [0.15, 0.2) is 0 Å². The number of carbonyl (C=O) groups is 1. The van der Waals surface area contributed by atoms with Gasteiger partial charge < -0.3 is 15.5 Å². The molecule has 4 heteroatoms. The maximum Gasteiger partial charge on any atom is 0.221 e. The molecule has 0 atom stereocenters. The van der Waals surface area contributed by atoms with Crippen molar-refractivity contribution in [3.05, 3.63) is 35.9 Å². The minimum Gasteiger partial charge on any atom is -0.352 e. The summed E-state index contributed by atoms with van der Waals surface area (Å²) in [5, 5.41) is 6.20. The molecular formula is C15H25N3O. The van der Waals surface area contributed by atoms with E-state index in [0.717, 1.165) is 31.6 Å². The molecule has 0 aromatic heterocycles. The third-order valence-electron chi connectivity index (χ3n) is 2.82. The van der Waals surface area contributed by atoms with Gasteiger partial charge in [0.1, 0.15) is 0 Å². The Labute approximate surface area is 116 Å². The SMILES string of the molecule is CN(C)CCCNCCC(=O)NCc1ccccc1. The van der Waals surface area contributed by atoms with Gasteiger partial charge in [-0.2, -0.15) is 0 Å². The molecule has 0 saturated carbocycles. The fourth-order valence-corrected chi connectivity index (χ4v) is 1.73. The molecule has 4 nitrogen and oxygen atoms in total. The molecule has 1 aromatic carbocycles. The van der Waals surface area contributed by atoms with Gasteiger partial charge >= 0.3 is 0 Å². The Morgan fingerprint density at radius 1 is 1.16 bits per heavy atom. The van der Waals surface area contributed by atoms with Crippen LogP contribution in [0.15, 0.2) is 30.3 Å². The van der Waals surface area contributed by atoms with Crippen LogP contribution in [0.3, 0.4) is 0 Å². The molecule has 0 aliphatic rings. The van der Waals surface area contributed by atoms with Gasteiger partial charge in [0.2, 0.25) is 5.91 Å². The van der Waals surface area contributed by atoms with E-state index in [9.17, 15) is 4.79 Å². The molecule has 1 aromatic rings. The van der Waals surface area contributed by atoms with E-state index in [-0.39, 0.29) is 5.91 Å². The molecule has 19 heavy (non-hydrogen) atoms. The maximum absolute atomic E-state index is 11.6. The number of rotatable bonds is 9. The summed E-state index contributed by atoms with van der Waals surface area (Å²) < 4.78 is 0. The molecule has 2 N–H and O–H groups in total. The molecule has 0 bridgehead atoms. The van der Waals surface area contributed by atoms with E-state index in [1.54, 1.807) is 0 Å². The largest absolute Gasteiger partial charge is 0.352 e. The summed E-state index contributed by atoms with van der Waals surface area (Å²) in [6.07, 6.45) is 1.65. The minimum atomic E-state index is 0.101. The van der Waals surface area contributed by atoms with Gasteiger partial charge in [-0.25, -0.2) is 0 Å². The van der Waals surface area contributed by atoms with Crippen LogP contribution in [0.4, 0.5) is 0 Å². The molecular weight excluding hydrogens is 238 g/mol. The highest BCUT2D eigenvalue weighted by Crippen LogP contribution is 1.97. The third kappa shape index (κ3) is 8.35. The van der Waals surface area contributed by atoms with E-state index in [2.05, 4.69) is 29.6 Å². The smallest absolute Gasteiger partial charge is 0.221 e. The molecule has 0 aliphatic heterocycles. The number of hydrogen-bond acceptors (Lipinski definition) is 3. The van der Waals surface area contributed by atoms with Gasteiger partial charge in [0.25, 0.3) is 0 Å². The Kier molecular flexibility index (Phi) is 7.86. The first-order chi connectivity index (χ1) is 9.18. The highest BCUT2D eigenvalue weighted by Gasteiger charge is 2.00. The Hall–Kier alpha value is -1.39. The van der Waals surface area contributed by atoms with Crippen LogP contribution < -0.4 is 10.6 Å². The van der Waals surface area contributed by atoms with Crippen molar-refractivity contribution in [1.29, 1.82) is 0 Å². The zero-order valence-corrected chi connectivity index (χ0v) is 12.0.